The van der Waals surface area contributed by atoms with E-state index in [1.807, 2.05) is 0 Å². The van der Waals surface area contributed by atoms with Gasteiger partial charge in [-0.25, -0.2) is 4.79 Å². The number of hydrogen-bond acceptors (Lipinski definition) is 6. The Kier molecular flexibility index (Phi) is 5.02. The molecule has 3 aromatic rings. The molecular weight excluding hydrogens is 398 g/mol. The van der Waals surface area contributed by atoms with E-state index < -0.39 is 18.0 Å². The number of esters is 1. The first-order valence-electron chi connectivity index (χ1n) is 9.67. The molecule has 1 aliphatic rings. The summed E-state index contributed by atoms with van der Waals surface area (Å²) in [5.74, 6) is -0.784. The molecule has 7 nitrogen and oxygen atoms in total. The van der Waals surface area contributed by atoms with Gasteiger partial charge < -0.3 is 14.5 Å². The number of anilines is 1. The lowest BCUT2D eigenvalue weighted by atomic mass is 9.84. The number of fused-ring (bicyclic) bond motifs is 2. The average molecular weight is 417 g/mol. The molecule has 1 heterocycles. The number of carbonyl (C=O) groups is 4. The van der Waals surface area contributed by atoms with Crippen molar-refractivity contribution in [2.24, 2.45) is 0 Å². The molecule has 1 aliphatic carbocycles. The molecule has 1 aromatic heterocycles. The lowest BCUT2D eigenvalue weighted by Gasteiger charge is -2.19. The van der Waals surface area contributed by atoms with Gasteiger partial charge in [-0.1, -0.05) is 24.3 Å². The SMILES string of the molecule is Cc1cc(C(=O)O[C@@H](C)C(=O)Nc2ccc3c(c2)C(=O)c2ccccc2C3=O)c(C)o1. The normalized spacial score (nSPS) is 13.3. The minimum Gasteiger partial charge on any atom is -0.466 e. The maximum Gasteiger partial charge on any atom is 0.342 e. The maximum atomic E-state index is 12.8. The minimum absolute atomic E-state index is 0.218. The molecule has 1 N–H and O–H groups in total. The third-order valence-electron chi connectivity index (χ3n) is 5.11. The van der Waals surface area contributed by atoms with Gasteiger partial charge in [-0.2, -0.15) is 0 Å². The summed E-state index contributed by atoms with van der Waals surface area (Å²) in [6, 6.07) is 12.7. The Morgan fingerprint density at radius 2 is 1.52 bits per heavy atom. The van der Waals surface area contributed by atoms with E-state index in [9.17, 15) is 19.2 Å². The van der Waals surface area contributed by atoms with Gasteiger partial charge >= 0.3 is 5.97 Å². The molecule has 4 rings (SSSR count). The number of rotatable bonds is 4. The predicted molar refractivity (Wildman–Crippen MR) is 111 cm³/mol. The van der Waals surface area contributed by atoms with Crippen LogP contribution in [0, 0.1) is 13.8 Å². The van der Waals surface area contributed by atoms with Crippen molar-refractivity contribution in [3.63, 3.8) is 0 Å². The quantitative estimate of drug-likeness (QED) is 0.506. The van der Waals surface area contributed by atoms with Crippen LogP contribution in [0.2, 0.25) is 0 Å². The first-order valence-corrected chi connectivity index (χ1v) is 9.67. The van der Waals surface area contributed by atoms with E-state index in [1.54, 1.807) is 44.2 Å². The van der Waals surface area contributed by atoms with Crippen LogP contribution in [-0.4, -0.2) is 29.5 Å². The summed E-state index contributed by atoms with van der Waals surface area (Å²) in [6.07, 6.45) is -1.09. The first kappa shape index (κ1) is 20.3. The van der Waals surface area contributed by atoms with Crippen LogP contribution in [0.25, 0.3) is 0 Å². The second-order valence-electron chi connectivity index (χ2n) is 7.33. The van der Waals surface area contributed by atoms with Crippen molar-refractivity contribution in [1.29, 1.82) is 0 Å². The van der Waals surface area contributed by atoms with Crippen molar-refractivity contribution in [2.75, 3.05) is 5.32 Å². The van der Waals surface area contributed by atoms with Crippen LogP contribution in [0.4, 0.5) is 5.69 Å². The highest BCUT2D eigenvalue weighted by Crippen LogP contribution is 2.29. The Morgan fingerprint density at radius 1 is 0.903 bits per heavy atom. The molecule has 0 aliphatic heterocycles. The average Bonchev–Trinajstić information content (AvgIpc) is 3.10. The lowest BCUT2D eigenvalue weighted by Crippen LogP contribution is -2.30. The van der Waals surface area contributed by atoms with Crippen LogP contribution >= 0.6 is 0 Å². The monoisotopic (exact) mass is 417 g/mol. The summed E-state index contributed by atoms with van der Waals surface area (Å²) in [5, 5.41) is 2.62. The van der Waals surface area contributed by atoms with Crippen LogP contribution in [0.15, 0.2) is 52.9 Å². The van der Waals surface area contributed by atoms with Gasteiger partial charge in [0.1, 0.15) is 17.1 Å². The highest BCUT2D eigenvalue weighted by atomic mass is 16.5. The van der Waals surface area contributed by atoms with Crippen LogP contribution in [0.5, 0.6) is 0 Å². The Labute approximate surface area is 178 Å². The third kappa shape index (κ3) is 3.66. The summed E-state index contributed by atoms with van der Waals surface area (Å²) >= 11 is 0. The standard InChI is InChI=1S/C24H19NO6/c1-12-10-19(13(2)30-12)24(29)31-14(3)23(28)25-15-8-9-18-20(11-15)22(27)17-7-5-4-6-16(17)21(18)26/h4-11,14H,1-3H3,(H,25,28)/t14-/m0/s1. The summed E-state index contributed by atoms with van der Waals surface area (Å²) < 4.78 is 10.5. The van der Waals surface area contributed by atoms with E-state index in [4.69, 9.17) is 9.15 Å². The van der Waals surface area contributed by atoms with Crippen molar-refractivity contribution in [2.45, 2.75) is 26.9 Å². The second-order valence-corrected chi connectivity index (χ2v) is 7.33. The predicted octanol–water partition coefficient (Wildman–Crippen LogP) is 3.86. The zero-order chi connectivity index (χ0) is 22.3. The molecule has 1 atom stereocenters. The largest absolute Gasteiger partial charge is 0.466 e. The summed E-state index contributed by atoms with van der Waals surface area (Å²) in [5.41, 5.74) is 1.78. The molecule has 0 saturated heterocycles. The molecule has 0 radical (unpaired) electrons. The van der Waals surface area contributed by atoms with E-state index in [0.717, 1.165) is 0 Å². The van der Waals surface area contributed by atoms with Gasteiger partial charge in [0.15, 0.2) is 17.7 Å². The van der Waals surface area contributed by atoms with E-state index >= 15 is 0 Å². The van der Waals surface area contributed by atoms with Crippen LogP contribution in [0.1, 0.15) is 60.6 Å². The van der Waals surface area contributed by atoms with Crippen molar-refractivity contribution >= 4 is 29.1 Å². The first-order chi connectivity index (χ1) is 14.8. The number of ketones is 2. The second kappa shape index (κ2) is 7.68. The van der Waals surface area contributed by atoms with E-state index in [-0.39, 0.29) is 28.3 Å². The molecule has 0 unspecified atom stereocenters. The number of aryl methyl sites for hydroxylation is 2. The van der Waals surface area contributed by atoms with Crippen molar-refractivity contribution in [1.82, 2.24) is 0 Å². The van der Waals surface area contributed by atoms with Crippen LogP contribution in [0.3, 0.4) is 0 Å². The molecule has 0 spiro atoms. The lowest BCUT2D eigenvalue weighted by molar-refractivity contribution is -0.123. The fourth-order valence-corrected chi connectivity index (χ4v) is 3.53. The summed E-state index contributed by atoms with van der Waals surface area (Å²) in [6.45, 7) is 4.79. The topological polar surface area (TPSA) is 103 Å². The highest BCUT2D eigenvalue weighted by molar-refractivity contribution is 6.28. The number of hydrogen-bond donors (Lipinski definition) is 1. The third-order valence-corrected chi connectivity index (χ3v) is 5.11. The van der Waals surface area contributed by atoms with Gasteiger partial charge in [0.2, 0.25) is 0 Å². The number of ether oxygens (including phenoxy) is 1. The fourth-order valence-electron chi connectivity index (χ4n) is 3.53. The Hall–Kier alpha value is -4.00. The highest BCUT2D eigenvalue weighted by Gasteiger charge is 2.30. The van der Waals surface area contributed by atoms with Crippen molar-refractivity contribution in [3.05, 3.63) is 87.9 Å². The number of amides is 1. The smallest absolute Gasteiger partial charge is 0.342 e. The number of furan rings is 1. The molecule has 7 heteroatoms. The number of benzene rings is 2. The van der Waals surface area contributed by atoms with Crippen LogP contribution in [-0.2, 0) is 9.53 Å². The fraction of sp³-hybridized carbons (Fsp3) is 0.167. The maximum absolute atomic E-state index is 12.8. The molecular formula is C24H19NO6. The molecule has 0 fully saturated rings. The zero-order valence-corrected chi connectivity index (χ0v) is 17.1. The Bertz CT molecular complexity index is 1250. The molecule has 1 amide bonds. The number of carbonyl (C=O) groups excluding carboxylic acids is 4. The molecule has 0 saturated carbocycles. The molecule has 156 valence electrons. The van der Waals surface area contributed by atoms with E-state index in [0.29, 0.717) is 28.3 Å². The van der Waals surface area contributed by atoms with Crippen molar-refractivity contribution in [3.8, 4) is 0 Å². The minimum atomic E-state index is -1.09. The Balaban J connectivity index is 1.50. The number of nitrogens with one attached hydrogen (secondary N) is 1. The summed E-state index contributed by atoms with van der Waals surface area (Å²) in [7, 11) is 0. The van der Waals surface area contributed by atoms with E-state index in [2.05, 4.69) is 5.32 Å². The Morgan fingerprint density at radius 3 is 2.13 bits per heavy atom. The van der Waals surface area contributed by atoms with Gasteiger partial charge in [-0.3, -0.25) is 14.4 Å². The van der Waals surface area contributed by atoms with Crippen LogP contribution < -0.4 is 5.32 Å². The van der Waals surface area contributed by atoms with Gasteiger partial charge in [-0.15, -0.1) is 0 Å². The molecule has 2 aromatic carbocycles. The summed E-state index contributed by atoms with van der Waals surface area (Å²) in [4.78, 5) is 50.3. The molecule has 0 bridgehead atoms. The van der Waals surface area contributed by atoms with Gasteiger partial charge in [0, 0.05) is 27.9 Å². The van der Waals surface area contributed by atoms with Gasteiger partial charge in [-0.05, 0) is 45.0 Å². The van der Waals surface area contributed by atoms with E-state index in [1.165, 1.54) is 25.1 Å². The van der Waals surface area contributed by atoms with Crippen molar-refractivity contribution < 1.29 is 28.3 Å². The van der Waals surface area contributed by atoms with Gasteiger partial charge in [0.25, 0.3) is 5.91 Å². The van der Waals surface area contributed by atoms with Gasteiger partial charge in [0.05, 0.1) is 0 Å². The molecule has 31 heavy (non-hydrogen) atoms. The zero-order valence-electron chi connectivity index (χ0n) is 17.1.